The Morgan fingerprint density at radius 2 is 2.08 bits per heavy atom. The summed E-state index contributed by atoms with van der Waals surface area (Å²) in [5.74, 6) is 0.350. The van der Waals surface area contributed by atoms with Gasteiger partial charge in [0.25, 0.3) is 0 Å². The fraction of sp³-hybridized carbons (Fsp3) is 0.429. The predicted molar refractivity (Wildman–Crippen MR) is 97.1 cm³/mol. The Labute approximate surface area is 153 Å². The molecule has 136 valence electrons. The normalized spacial score (nSPS) is 24.7. The summed E-state index contributed by atoms with van der Waals surface area (Å²) in [4.78, 5) is 19.3. The fourth-order valence-electron chi connectivity index (χ4n) is 3.96. The van der Waals surface area contributed by atoms with Gasteiger partial charge in [0.1, 0.15) is 5.82 Å². The van der Waals surface area contributed by atoms with Gasteiger partial charge in [0.2, 0.25) is 5.91 Å². The van der Waals surface area contributed by atoms with Crippen LogP contribution in [0.5, 0.6) is 0 Å². The van der Waals surface area contributed by atoms with E-state index < -0.39 is 0 Å². The molecule has 0 bridgehead atoms. The molecule has 0 N–H and O–H groups in total. The Hall–Kier alpha value is -2.27. The minimum absolute atomic E-state index is 0.0749. The van der Waals surface area contributed by atoms with E-state index in [0.29, 0.717) is 6.61 Å². The number of benzene rings is 1. The number of amides is 1. The first-order valence-corrected chi connectivity index (χ1v) is 9.18. The molecule has 4 nitrogen and oxygen atoms in total. The zero-order chi connectivity index (χ0) is 18.1. The van der Waals surface area contributed by atoms with Crippen LogP contribution in [0.4, 0.5) is 4.39 Å². The van der Waals surface area contributed by atoms with E-state index >= 15 is 0 Å². The monoisotopic (exact) mass is 354 g/mol. The SMILES string of the molecule is COC[C@H]1CCCN1C(=O)C1CC1c1ccc(-c2ccc(F)cc2)nc1. The molecule has 1 saturated heterocycles. The van der Waals surface area contributed by atoms with Crippen molar-refractivity contribution >= 4 is 5.91 Å². The van der Waals surface area contributed by atoms with Crippen LogP contribution in [-0.2, 0) is 9.53 Å². The maximum absolute atomic E-state index is 13.0. The second-order valence-electron chi connectivity index (χ2n) is 7.22. The van der Waals surface area contributed by atoms with E-state index in [-0.39, 0.29) is 29.6 Å². The van der Waals surface area contributed by atoms with Crippen molar-refractivity contribution in [2.45, 2.75) is 31.2 Å². The average Bonchev–Trinajstić information content (AvgIpc) is 3.33. The van der Waals surface area contributed by atoms with Crippen molar-refractivity contribution in [3.8, 4) is 11.3 Å². The molecule has 0 spiro atoms. The zero-order valence-electron chi connectivity index (χ0n) is 14.9. The molecule has 2 aromatic rings. The van der Waals surface area contributed by atoms with Crippen LogP contribution in [0.2, 0.25) is 0 Å². The number of methoxy groups -OCH3 is 1. The Morgan fingerprint density at radius 1 is 1.27 bits per heavy atom. The van der Waals surface area contributed by atoms with Crippen LogP contribution in [0.25, 0.3) is 11.3 Å². The molecule has 2 heterocycles. The summed E-state index contributed by atoms with van der Waals surface area (Å²) in [7, 11) is 1.69. The lowest BCUT2D eigenvalue weighted by molar-refractivity contribution is -0.134. The minimum Gasteiger partial charge on any atom is -0.383 e. The van der Waals surface area contributed by atoms with Crippen molar-refractivity contribution in [2.75, 3.05) is 20.3 Å². The van der Waals surface area contributed by atoms with Crippen LogP contribution >= 0.6 is 0 Å². The number of aromatic nitrogens is 1. The molecule has 2 fully saturated rings. The first kappa shape index (κ1) is 17.2. The maximum Gasteiger partial charge on any atom is 0.226 e. The topological polar surface area (TPSA) is 42.4 Å². The summed E-state index contributed by atoms with van der Waals surface area (Å²) >= 11 is 0. The molecule has 1 aliphatic heterocycles. The van der Waals surface area contributed by atoms with Crippen molar-refractivity contribution in [3.63, 3.8) is 0 Å². The Bertz CT molecular complexity index is 776. The quantitative estimate of drug-likeness (QED) is 0.823. The largest absolute Gasteiger partial charge is 0.383 e. The number of rotatable bonds is 5. The lowest BCUT2D eigenvalue weighted by atomic mass is 10.1. The van der Waals surface area contributed by atoms with Gasteiger partial charge in [-0.2, -0.15) is 0 Å². The van der Waals surface area contributed by atoms with Gasteiger partial charge in [0, 0.05) is 31.3 Å². The third-order valence-electron chi connectivity index (χ3n) is 5.48. The first-order chi connectivity index (χ1) is 12.7. The van der Waals surface area contributed by atoms with Crippen molar-refractivity contribution in [1.29, 1.82) is 0 Å². The second kappa shape index (κ2) is 7.16. The minimum atomic E-state index is -0.251. The lowest BCUT2D eigenvalue weighted by Crippen LogP contribution is -2.39. The molecular weight excluding hydrogens is 331 g/mol. The molecule has 1 saturated carbocycles. The third-order valence-corrected chi connectivity index (χ3v) is 5.48. The number of hydrogen-bond acceptors (Lipinski definition) is 3. The summed E-state index contributed by atoms with van der Waals surface area (Å²) in [5, 5.41) is 0. The number of pyridine rings is 1. The highest BCUT2D eigenvalue weighted by atomic mass is 19.1. The van der Waals surface area contributed by atoms with Gasteiger partial charge in [-0.3, -0.25) is 9.78 Å². The van der Waals surface area contributed by atoms with Gasteiger partial charge < -0.3 is 9.64 Å². The van der Waals surface area contributed by atoms with Gasteiger partial charge in [-0.15, -0.1) is 0 Å². The maximum atomic E-state index is 13.0. The van der Waals surface area contributed by atoms with E-state index in [4.69, 9.17) is 4.74 Å². The molecule has 1 amide bonds. The van der Waals surface area contributed by atoms with Gasteiger partial charge in [0.05, 0.1) is 18.3 Å². The van der Waals surface area contributed by atoms with Crippen LogP contribution in [0.3, 0.4) is 0 Å². The van der Waals surface area contributed by atoms with E-state index in [0.717, 1.165) is 42.6 Å². The van der Waals surface area contributed by atoms with E-state index in [2.05, 4.69) is 4.98 Å². The molecule has 2 unspecified atom stereocenters. The average molecular weight is 354 g/mol. The second-order valence-corrected chi connectivity index (χ2v) is 7.22. The molecule has 5 heteroatoms. The number of hydrogen-bond donors (Lipinski definition) is 0. The molecule has 4 rings (SSSR count). The molecule has 3 atom stereocenters. The molecule has 1 aromatic heterocycles. The number of halogens is 1. The number of ether oxygens (including phenoxy) is 1. The van der Waals surface area contributed by atoms with Crippen molar-refractivity contribution in [2.24, 2.45) is 5.92 Å². The third kappa shape index (κ3) is 3.36. The van der Waals surface area contributed by atoms with E-state index in [1.165, 1.54) is 12.1 Å². The van der Waals surface area contributed by atoms with Gasteiger partial charge in [-0.05, 0) is 61.1 Å². The van der Waals surface area contributed by atoms with Gasteiger partial charge in [-0.25, -0.2) is 4.39 Å². The zero-order valence-corrected chi connectivity index (χ0v) is 14.9. The highest BCUT2D eigenvalue weighted by Crippen LogP contribution is 2.49. The smallest absolute Gasteiger partial charge is 0.226 e. The summed E-state index contributed by atoms with van der Waals surface area (Å²) in [6.07, 6.45) is 4.84. The number of likely N-dealkylation sites (tertiary alicyclic amines) is 1. The van der Waals surface area contributed by atoms with E-state index in [1.807, 2.05) is 23.2 Å². The van der Waals surface area contributed by atoms with Gasteiger partial charge in [0.15, 0.2) is 0 Å². The standard InChI is InChI=1S/C21H23FN2O2/c1-26-13-17-3-2-10-24(17)21(25)19-11-18(19)15-6-9-20(23-12-15)14-4-7-16(22)8-5-14/h4-9,12,17-19H,2-3,10-11,13H2,1H3/t17-,18?,19?/m1/s1. The van der Waals surface area contributed by atoms with Crippen LogP contribution in [-0.4, -0.2) is 42.1 Å². The number of carbonyl (C=O) groups excluding carboxylic acids is 1. The van der Waals surface area contributed by atoms with Gasteiger partial charge >= 0.3 is 0 Å². The van der Waals surface area contributed by atoms with Crippen LogP contribution in [0.1, 0.15) is 30.7 Å². The van der Waals surface area contributed by atoms with Crippen LogP contribution in [0, 0.1) is 11.7 Å². The highest BCUT2D eigenvalue weighted by Gasteiger charge is 2.47. The molecule has 1 aliphatic carbocycles. The van der Waals surface area contributed by atoms with Crippen molar-refractivity contribution in [3.05, 3.63) is 54.0 Å². The van der Waals surface area contributed by atoms with Crippen LogP contribution < -0.4 is 0 Å². The summed E-state index contributed by atoms with van der Waals surface area (Å²) in [6.45, 7) is 1.47. The number of carbonyl (C=O) groups is 1. The Morgan fingerprint density at radius 3 is 2.77 bits per heavy atom. The predicted octanol–water partition coefficient (Wildman–Crippen LogP) is 3.63. The molecule has 2 aliphatic rings. The van der Waals surface area contributed by atoms with Crippen molar-refractivity contribution < 1.29 is 13.9 Å². The molecular formula is C21H23FN2O2. The highest BCUT2D eigenvalue weighted by molar-refractivity contribution is 5.83. The fourth-order valence-corrected chi connectivity index (χ4v) is 3.96. The van der Waals surface area contributed by atoms with Crippen LogP contribution in [0.15, 0.2) is 42.6 Å². The van der Waals surface area contributed by atoms with Crippen molar-refractivity contribution in [1.82, 2.24) is 9.88 Å². The summed E-state index contributed by atoms with van der Waals surface area (Å²) in [5.41, 5.74) is 2.81. The summed E-state index contributed by atoms with van der Waals surface area (Å²) < 4.78 is 18.3. The van der Waals surface area contributed by atoms with E-state index in [9.17, 15) is 9.18 Å². The molecule has 26 heavy (non-hydrogen) atoms. The Balaban J connectivity index is 1.42. The molecule has 1 aromatic carbocycles. The first-order valence-electron chi connectivity index (χ1n) is 9.18. The van der Waals surface area contributed by atoms with Gasteiger partial charge in [-0.1, -0.05) is 6.07 Å². The number of nitrogens with zero attached hydrogens (tertiary/aromatic N) is 2. The summed E-state index contributed by atoms with van der Waals surface area (Å²) in [6, 6.07) is 10.5. The van der Waals surface area contributed by atoms with E-state index in [1.54, 1.807) is 19.2 Å². The molecule has 0 radical (unpaired) electrons. The Kier molecular flexibility index (Phi) is 4.72. The lowest BCUT2D eigenvalue weighted by Gasteiger charge is -2.24.